The number of carbonyl (C=O) groups is 1. The molecule has 2 heterocycles. The van der Waals surface area contributed by atoms with Crippen LogP contribution in [0.15, 0.2) is 54.6 Å². The molecular weight excluding hydrogens is 495 g/mol. The number of carboxylic acid groups (broad SMARTS) is 1. The van der Waals surface area contributed by atoms with Gasteiger partial charge < -0.3 is 5.11 Å². The van der Waals surface area contributed by atoms with Crippen LogP contribution in [0.3, 0.4) is 0 Å². The molecule has 0 saturated carbocycles. The van der Waals surface area contributed by atoms with E-state index in [1.807, 2.05) is 18.2 Å². The van der Waals surface area contributed by atoms with Crippen molar-refractivity contribution >= 4 is 51.5 Å². The number of benzene rings is 2. The number of pyridine rings is 1. The van der Waals surface area contributed by atoms with Gasteiger partial charge in [-0.05, 0) is 71.9 Å². The largest absolute Gasteiger partial charge is 0.478 e. The van der Waals surface area contributed by atoms with Gasteiger partial charge in [0.1, 0.15) is 0 Å². The smallest absolute Gasteiger partial charge is 0.417 e. The van der Waals surface area contributed by atoms with Gasteiger partial charge in [-0.3, -0.25) is 0 Å². The molecule has 0 radical (unpaired) electrons. The van der Waals surface area contributed by atoms with E-state index < -0.39 is 17.7 Å². The molecule has 0 fully saturated rings. The van der Waals surface area contributed by atoms with Crippen LogP contribution in [-0.4, -0.2) is 16.1 Å². The van der Waals surface area contributed by atoms with E-state index in [4.69, 9.17) is 16.6 Å². The van der Waals surface area contributed by atoms with Crippen LogP contribution >= 0.6 is 22.9 Å². The fourth-order valence-corrected chi connectivity index (χ4v) is 5.83. The molecule has 35 heavy (non-hydrogen) atoms. The number of fused-ring (bicyclic) bond motifs is 2. The molecule has 0 bridgehead atoms. The van der Waals surface area contributed by atoms with Crippen molar-refractivity contribution in [3.63, 3.8) is 0 Å². The summed E-state index contributed by atoms with van der Waals surface area (Å²) in [6, 6.07) is 14.8. The van der Waals surface area contributed by atoms with E-state index in [1.54, 1.807) is 30.3 Å². The number of aromatic carboxylic acids is 1. The highest BCUT2D eigenvalue weighted by Gasteiger charge is 2.33. The minimum absolute atomic E-state index is 0.222. The van der Waals surface area contributed by atoms with Gasteiger partial charge in [-0.1, -0.05) is 42.8 Å². The Morgan fingerprint density at radius 3 is 2.66 bits per heavy atom. The monoisotopic (exact) mass is 513 g/mol. The second-order valence-corrected chi connectivity index (χ2v) is 10.2. The maximum atomic E-state index is 13.3. The van der Waals surface area contributed by atoms with Crippen molar-refractivity contribution in [2.45, 2.75) is 25.9 Å². The number of hydrogen-bond acceptors (Lipinski definition) is 3. The molecule has 8 heteroatoms. The van der Waals surface area contributed by atoms with Crippen molar-refractivity contribution in [2.75, 3.05) is 0 Å². The lowest BCUT2D eigenvalue weighted by Gasteiger charge is -2.26. The van der Waals surface area contributed by atoms with Gasteiger partial charge in [-0.25, -0.2) is 9.78 Å². The number of hydrogen-bond donors (Lipinski definition) is 1. The summed E-state index contributed by atoms with van der Waals surface area (Å²) in [5.41, 5.74) is 2.81. The quantitative estimate of drug-likeness (QED) is 0.299. The Morgan fingerprint density at radius 2 is 1.91 bits per heavy atom. The summed E-state index contributed by atoms with van der Waals surface area (Å²) in [5, 5.41) is 10.3. The zero-order chi connectivity index (χ0) is 24.9. The Bertz CT molecular complexity index is 1510. The molecule has 4 aromatic rings. The van der Waals surface area contributed by atoms with Gasteiger partial charge in [0, 0.05) is 15.1 Å². The van der Waals surface area contributed by atoms with Crippen LogP contribution in [0.4, 0.5) is 13.2 Å². The van der Waals surface area contributed by atoms with Gasteiger partial charge in [-0.15, -0.1) is 11.3 Å². The molecule has 0 aliphatic heterocycles. The van der Waals surface area contributed by atoms with Gasteiger partial charge in [0.15, 0.2) is 0 Å². The van der Waals surface area contributed by atoms with Gasteiger partial charge in [0.25, 0.3) is 0 Å². The SMILES string of the molecule is CC1C/C(=C\c2ccc(-c3ccc(Cl)c(C(F)(F)F)c3)s2)c2nc3ccccc3c(C(=O)O)c2C1. The number of nitrogens with zero attached hydrogens (tertiary/aromatic N) is 1. The van der Waals surface area contributed by atoms with Crippen LogP contribution in [-0.2, 0) is 12.6 Å². The molecule has 1 unspecified atom stereocenters. The Balaban J connectivity index is 1.60. The number of carboxylic acids is 1. The standard InChI is InChI=1S/C27H19ClF3NO2S/c1-14-10-16(25-19(11-14)24(26(33)34)18-4-2-3-5-22(18)32-25)12-17-7-9-23(35-17)15-6-8-21(28)20(13-15)27(29,30)31/h2-9,12-14H,10-11H2,1H3,(H,33,34)/b16-12+. The summed E-state index contributed by atoms with van der Waals surface area (Å²) in [6.07, 6.45) is -1.22. The fraction of sp³-hybridized carbons (Fsp3) is 0.185. The van der Waals surface area contributed by atoms with Gasteiger partial charge in [0.05, 0.1) is 27.4 Å². The van der Waals surface area contributed by atoms with E-state index in [1.165, 1.54) is 17.4 Å². The molecule has 2 aromatic heterocycles. The highest BCUT2D eigenvalue weighted by Crippen LogP contribution is 2.41. The number of para-hydroxylation sites is 1. The molecule has 1 aliphatic carbocycles. The normalized spacial score (nSPS) is 17.1. The molecule has 0 saturated heterocycles. The average molecular weight is 514 g/mol. The summed E-state index contributed by atoms with van der Waals surface area (Å²) in [6.45, 7) is 2.07. The molecule has 2 aromatic carbocycles. The lowest BCUT2D eigenvalue weighted by atomic mass is 9.81. The van der Waals surface area contributed by atoms with Crippen LogP contribution in [0.5, 0.6) is 0 Å². The molecular formula is C27H19ClF3NO2S. The molecule has 5 rings (SSSR count). The molecule has 0 amide bonds. The number of thiophene rings is 1. The van der Waals surface area contributed by atoms with Gasteiger partial charge >= 0.3 is 12.1 Å². The number of aromatic nitrogens is 1. The highest BCUT2D eigenvalue weighted by molar-refractivity contribution is 7.16. The first-order valence-corrected chi connectivity index (χ1v) is 12.1. The third kappa shape index (κ3) is 4.46. The summed E-state index contributed by atoms with van der Waals surface area (Å²) < 4.78 is 39.9. The molecule has 3 nitrogen and oxygen atoms in total. The van der Waals surface area contributed by atoms with Crippen LogP contribution in [0, 0.1) is 5.92 Å². The second kappa shape index (κ2) is 8.81. The molecule has 1 atom stereocenters. The minimum Gasteiger partial charge on any atom is -0.478 e. The summed E-state index contributed by atoms with van der Waals surface area (Å²) in [7, 11) is 0. The van der Waals surface area contributed by atoms with E-state index in [9.17, 15) is 23.1 Å². The predicted molar refractivity (Wildman–Crippen MR) is 134 cm³/mol. The van der Waals surface area contributed by atoms with Crippen LogP contribution < -0.4 is 0 Å². The van der Waals surface area contributed by atoms with Crippen LogP contribution in [0.2, 0.25) is 5.02 Å². The van der Waals surface area contributed by atoms with E-state index in [-0.39, 0.29) is 16.5 Å². The first kappa shape index (κ1) is 23.6. The Labute approximate surface area is 208 Å². The second-order valence-electron chi connectivity index (χ2n) is 8.71. The fourth-order valence-electron chi connectivity index (χ4n) is 4.63. The third-order valence-corrected chi connectivity index (χ3v) is 7.54. The minimum atomic E-state index is -4.53. The Hall–Kier alpha value is -3.16. The Kier molecular flexibility index (Phi) is 5.93. The lowest BCUT2D eigenvalue weighted by molar-refractivity contribution is -0.137. The molecule has 178 valence electrons. The van der Waals surface area contributed by atoms with Crippen molar-refractivity contribution in [1.82, 2.24) is 4.98 Å². The van der Waals surface area contributed by atoms with E-state index >= 15 is 0 Å². The topological polar surface area (TPSA) is 50.2 Å². The van der Waals surface area contributed by atoms with E-state index in [2.05, 4.69) is 6.92 Å². The maximum absolute atomic E-state index is 13.3. The first-order chi connectivity index (χ1) is 16.6. The number of rotatable bonds is 3. The van der Waals surface area contributed by atoms with Crippen LogP contribution in [0.25, 0.3) is 33.0 Å². The number of allylic oxidation sites excluding steroid dienone is 1. The van der Waals surface area contributed by atoms with Crippen molar-refractivity contribution in [1.29, 1.82) is 0 Å². The van der Waals surface area contributed by atoms with Crippen molar-refractivity contribution in [3.05, 3.63) is 86.9 Å². The van der Waals surface area contributed by atoms with E-state index in [0.29, 0.717) is 33.5 Å². The molecule has 1 N–H and O–H groups in total. The molecule has 0 spiro atoms. The number of halogens is 4. The van der Waals surface area contributed by atoms with Crippen molar-refractivity contribution < 1.29 is 23.1 Å². The van der Waals surface area contributed by atoms with Gasteiger partial charge in [0.2, 0.25) is 0 Å². The highest BCUT2D eigenvalue weighted by atomic mass is 35.5. The predicted octanol–water partition coefficient (Wildman–Crippen LogP) is 8.46. The van der Waals surface area contributed by atoms with E-state index in [0.717, 1.165) is 28.5 Å². The summed E-state index contributed by atoms with van der Waals surface area (Å²) in [5.74, 6) is -0.755. The number of alkyl halides is 3. The van der Waals surface area contributed by atoms with Gasteiger partial charge in [-0.2, -0.15) is 13.2 Å². The molecule has 1 aliphatic rings. The Morgan fingerprint density at radius 1 is 1.14 bits per heavy atom. The lowest BCUT2D eigenvalue weighted by Crippen LogP contribution is -2.17. The summed E-state index contributed by atoms with van der Waals surface area (Å²) >= 11 is 7.13. The third-order valence-electron chi connectivity index (χ3n) is 6.13. The van der Waals surface area contributed by atoms with Crippen molar-refractivity contribution in [2.24, 2.45) is 5.92 Å². The first-order valence-electron chi connectivity index (χ1n) is 10.9. The zero-order valence-electron chi connectivity index (χ0n) is 18.5. The summed E-state index contributed by atoms with van der Waals surface area (Å²) in [4.78, 5) is 18.6. The zero-order valence-corrected chi connectivity index (χ0v) is 20.1. The average Bonchev–Trinajstić information content (AvgIpc) is 3.25. The van der Waals surface area contributed by atoms with Crippen molar-refractivity contribution in [3.8, 4) is 10.4 Å². The maximum Gasteiger partial charge on any atom is 0.417 e. The van der Waals surface area contributed by atoms with Crippen LogP contribution in [0.1, 0.15) is 45.4 Å².